The van der Waals surface area contributed by atoms with Gasteiger partial charge in [0.05, 0.1) is 0 Å². The third-order valence-corrected chi connectivity index (χ3v) is 3.44. The molecule has 0 amide bonds. The smallest absolute Gasteiger partial charge is 0.171 e. The van der Waals surface area contributed by atoms with Gasteiger partial charge < -0.3 is 0 Å². The van der Waals surface area contributed by atoms with Crippen LogP contribution in [0.1, 0.15) is 37.2 Å². The highest BCUT2D eigenvalue weighted by molar-refractivity contribution is 6.32. The molecule has 90 valence electrons. The minimum absolute atomic E-state index is 0.221. The maximum absolute atomic E-state index is 12.3. The molecule has 1 aromatic rings. The lowest BCUT2D eigenvalue weighted by molar-refractivity contribution is -0.144. The Labute approximate surface area is 101 Å². The van der Waals surface area contributed by atoms with Crippen molar-refractivity contribution in [3.05, 3.63) is 29.8 Å². The van der Waals surface area contributed by atoms with Gasteiger partial charge in [0.15, 0.2) is 0 Å². The first-order valence-electron chi connectivity index (χ1n) is 5.86. The molecular weight excluding hydrogens is 224 g/mol. The summed E-state index contributed by atoms with van der Waals surface area (Å²) < 4.78 is 36.8. The summed E-state index contributed by atoms with van der Waals surface area (Å²) in [5.74, 6) is 0.0206. The standard InChI is InChI=1S/C13H14BF3/c14-12-3-1-2-10(7-12)11-5-4-9(6-11)8-13(15,16)17/h1-3,7,9,11H,4-6,8H2/t9?,11-/m1/s1. The second kappa shape index (κ2) is 4.75. The van der Waals surface area contributed by atoms with Gasteiger partial charge in [-0.25, -0.2) is 0 Å². The molecule has 0 heterocycles. The predicted octanol–water partition coefficient (Wildman–Crippen LogP) is 3.32. The number of hydrogen-bond acceptors (Lipinski definition) is 0. The van der Waals surface area contributed by atoms with Crippen molar-refractivity contribution in [3.8, 4) is 0 Å². The van der Waals surface area contributed by atoms with Gasteiger partial charge >= 0.3 is 6.18 Å². The van der Waals surface area contributed by atoms with E-state index in [9.17, 15) is 13.2 Å². The summed E-state index contributed by atoms with van der Waals surface area (Å²) in [4.78, 5) is 0. The van der Waals surface area contributed by atoms with Crippen molar-refractivity contribution in [2.45, 2.75) is 37.8 Å². The summed E-state index contributed by atoms with van der Waals surface area (Å²) in [7, 11) is 5.68. The summed E-state index contributed by atoms with van der Waals surface area (Å²) in [6, 6.07) is 7.49. The SMILES string of the molecule is [B]c1cccc([C@@H]2CCC(CC(F)(F)F)C2)c1. The minimum atomic E-state index is -4.03. The van der Waals surface area contributed by atoms with E-state index in [0.717, 1.165) is 12.0 Å². The van der Waals surface area contributed by atoms with Crippen LogP contribution in [-0.4, -0.2) is 14.0 Å². The molecule has 1 saturated carbocycles. The fraction of sp³-hybridized carbons (Fsp3) is 0.538. The fourth-order valence-corrected chi connectivity index (χ4v) is 2.70. The molecule has 17 heavy (non-hydrogen) atoms. The summed E-state index contributed by atoms with van der Waals surface area (Å²) in [6.07, 6.45) is -2.55. The van der Waals surface area contributed by atoms with E-state index in [0.29, 0.717) is 18.3 Å². The van der Waals surface area contributed by atoms with Gasteiger partial charge in [-0.3, -0.25) is 0 Å². The molecule has 0 bridgehead atoms. The molecule has 4 heteroatoms. The molecule has 0 N–H and O–H groups in total. The molecule has 2 rings (SSSR count). The van der Waals surface area contributed by atoms with Crippen LogP contribution in [0.15, 0.2) is 24.3 Å². The van der Waals surface area contributed by atoms with Crippen LogP contribution in [-0.2, 0) is 0 Å². The van der Waals surface area contributed by atoms with Crippen molar-refractivity contribution >= 4 is 13.3 Å². The molecule has 1 aliphatic rings. The molecule has 0 aliphatic heterocycles. The molecule has 1 aromatic carbocycles. The van der Waals surface area contributed by atoms with Crippen molar-refractivity contribution < 1.29 is 13.2 Å². The number of benzene rings is 1. The Morgan fingerprint density at radius 1 is 1.24 bits per heavy atom. The monoisotopic (exact) mass is 238 g/mol. The van der Waals surface area contributed by atoms with Crippen LogP contribution in [0, 0.1) is 5.92 Å². The zero-order valence-corrected chi connectivity index (χ0v) is 9.50. The maximum atomic E-state index is 12.3. The molecular formula is C13H14BF3. The maximum Gasteiger partial charge on any atom is 0.389 e. The Balaban J connectivity index is 1.98. The van der Waals surface area contributed by atoms with Crippen LogP contribution in [0.3, 0.4) is 0 Å². The van der Waals surface area contributed by atoms with Crippen LogP contribution < -0.4 is 5.46 Å². The Morgan fingerprint density at radius 3 is 2.65 bits per heavy atom. The molecule has 2 atom stereocenters. The average molecular weight is 238 g/mol. The Bertz CT molecular complexity index is 386. The second-order valence-electron chi connectivity index (χ2n) is 4.87. The van der Waals surface area contributed by atoms with Gasteiger partial charge in [0, 0.05) is 6.42 Å². The lowest BCUT2D eigenvalue weighted by Crippen LogP contribution is -2.13. The van der Waals surface area contributed by atoms with Gasteiger partial charge in [-0.05, 0) is 36.7 Å². The van der Waals surface area contributed by atoms with Crippen molar-refractivity contribution in [3.63, 3.8) is 0 Å². The molecule has 1 unspecified atom stereocenters. The topological polar surface area (TPSA) is 0 Å². The number of rotatable bonds is 2. The van der Waals surface area contributed by atoms with E-state index >= 15 is 0 Å². The highest BCUT2D eigenvalue weighted by atomic mass is 19.4. The number of hydrogen-bond donors (Lipinski definition) is 0. The molecule has 0 saturated heterocycles. The average Bonchev–Trinajstić information content (AvgIpc) is 2.63. The normalized spacial score (nSPS) is 25.1. The highest BCUT2D eigenvalue weighted by Gasteiger charge is 2.36. The summed E-state index contributed by atoms with van der Waals surface area (Å²) in [6.45, 7) is 0. The zero-order chi connectivity index (χ0) is 12.5. The fourth-order valence-electron chi connectivity index (χ4n) is 2.70. The van der Waals surface area contributed by atoms with E-state index in [4.69, 9.17) is 7.85 Å². The van der Waals surface area contributed by atoms with Crippen molar-refractivity contribution in [1.82, 2.24) is 0 Å². The third kappa shape index (κ3) is 3.52. The van der Waals surface area contributed by atoms with Crippen molar-refractivity contribution in [1.29, 1.82) is 0 Å². The third-order valence-electron chi connectivity index (χ3n) is 3.44. The largest absolute Gasteiger partial charge is 0.389 e. The minimum Gasteiger partial charge on any atom is -0.171 e. The van der Waals surface area contributed by atoms with Crippen LogP contribution in [0.25, 0.3) is 0 Å². The van der Waals surface area contributed by atoms with Crippen molar-refractivity contribution in [2.75, 3.05) is 0 Å². The first kappa shape index (κ1) is 12.5. The Morgan fingerprint density at radius 2 is 2.00 bits per heavy atom. The van der Waals surface area contributed by atoms with E-state index in [1.807, 2.05) is 18.2 Å². The van der Waals surface area contributed by atoms with Gasteiger partial charge in [-0.15, -0.1) is 0 Å². The Hall–Kier alpha value is -0.925. The van der Waals surface area contributed by atoms with E-state index in [1.54, 1.807) is 6.07 Å². The van der Waals surface area contributed by atoms with Crippen molar-refractivity contribution in [2.24, 2.45) is 5.92 Å². The van der Waals surface area contributed by atoms with Crippen LogP contribution in [0.4, 0.5) is 13.2 Å². The molecule has 2 radical (unpaired) electrons. The van der Waals surface area contributed by atoms with Crippen LogP contribution >= 0.6 is 0 Å². The van der Waals surface area contributed by atoms with E-state index in [1.165, 1.54) is 0 Å². The number of halogens is 3. The lowest BCUT2D eigenvalue weighted by Gasteiger charge is -2.14. The molecule has 0 spiro atoms. The van der Waals surface area contributed by atoms with Crippen LogP contribution in [0.2, 0.25) is 0 Å². The van der Waals surface area contributed by atoms with Gasteiger partial charge in [0.2, 0.25) is 0 Å². The zero-order valence-electron chi connectivity index (χ0n) is 9.50. The second-order valence-corrected chi connectivity index (χ2v) is 4.87. The molecule has 1 aliphatic carbocycles. The summed E-state index contributed by atoms with van der Waals surface area (Å²) >= 11 is 0. The first-order chi connectivity index (χ1) is 7.94. The van der Waals surface area contributed by atoms with Gasteiger partial charge in [-0.1, -0.05) is 29.7 Å². The van der Waals surface area contributed by atoms with Crippen LogP contribution in [0.5, 0.6) is 0 Å². The molecule has 1 fully saturated rings. The van der Waals surface area contributed by atoms with E-state index < -0.39 is 12.6 Å². The summed E-state index contributed by atoms with van der Waals surface area (Å²) in [5, 5.41) is 0. The Kier molecular flexibility index (Phi) is 3.50. The lowest BCUT2D eigenvalue weighted by atomic mass is 9.89. The number of alkyl halides is 3. The first-order valence-corrected chi connectivity index (χ1v) is 5.86. The van der Waals surface area contributed by atoms with E-state index in [-0.39, 0.29) is 11.8 Å². The summed E-state index contributed by atoms with van der Waals surface area (Å²) in [5.41, 5.74) is 1.76. The molecule has 0 aromatic heterocycles. The van der Waals surface area contributed by atoms with Gasteiger partial charge in [-0.2, -0.15) is 13.2 Å². The quantitative estimate of drug-likeness (QED) is 0.693. The van der Waals surface area contributed by atoms with E-state index in [2.05, 4.69) is 0 Å². The predicted molar refractivity (Wildman–Crippen MR) is 62.6 cm³/mol. The highest BCUT2D eigenvalue weighted by Crippen LogP contribution is 2.42. The molecule has 0 nitrogen and oxygen atoms in total. The van der Waals surface area contributed by atoms with Gasteiger partial charge in [0.25, 0.3) is 0 Å². The van der Waals surface area contributed by atoms with Gasteiger partial charge in [0.1, 0.15) is 7.85 Å².